The van der Waals surface area contributed by atoms with E-state index in [2.05, 4.69) is 4.74 Å². The predicted molar refractivity (Wildman–Crippen MR) is 87.6 cm³/mol. The van der Waals surface area contributed by atoms with Crippen LogP contribution in [0.5, 0.6) is 5.75 Å². The van der Waals surface area contributed by atoms with Crippen LogP contribution >= 0.6 is 0 Å². The molecule has 1 aliphatic rings. The first-order chi connectivity index (χ1) is 12.0. The van der Waals surface area contributed by atoms with Gasteiger partial charge in [0.1, 0.15) is 11.6 Å². The van der Waals surface area contributed by atoms with Crippen molar-refractivity contribution in [2.45, 2.75) is 6.61 Å². The second-order valence-corrected chi connectivity index (χ2v) is 5.64. The highest BCUT2D eigenvalue weighted by atomic mass is 19.3. The average Bonchev–Trinajstić information content (AvgIpc) is 2.61. The molecule has 3 rings (SSSR count). The number of carbonyl (C=O) groups is 1. The number of benzene rings is 2. The smallest absolute Gasteiger partial charge is 0.387 e. The highest BCUT2D eigenvalue weighted by molar-refractivity contribution is 5.94. The van der Waals surface area contributed by atoms with Gasteiger partial charge in [0.15, 0.2) is 0 Å². The normalized spacial score (nSPS) is 14.7. The number of hydrogen-bond acceptors (Lipinski definition) is 3. The van der Waals surface area contributed by atoms with Crippen molar-refractivity contribution in [3.8, 4) is 5.75 Å². The van der Waals surface area contributed by atoms with Crippen LogP contribution in [0.4, 0.5) is 18.9 Å². The van der Waals surface area contributed by atoms with Gasteiger partial charge in [0, 0.05) is 31.7 Å². The third-order valence-electron chi connectivity index (χ3n) is 4.07. The van der Waals surface area contributed by atoms with Crippen molar-refractivity contribution in [2.24, 2.45) is 0 Å². The molecule has 1 fully saturated rings. The van der Waals surface area contributed by atoms with E-state index >= 15 is 0 Å². The number of ether oxygens (including phenoxy) is 1. The second-order valence-electron chi connectivity index (χ2n) is 5.64. The van der Waals surface area contributed by atoms with E-state index in [9.17, 15) is 18.0 Å². The summed E-state index contributed by atoms with van der Waals surface area (Å²) in [6.07, 6.45) is 0. The Hall–Kier alpha value is -2.70. The number of anilines is 1. The van der Waals surface area contributed by atoms with Crippen LogP contribution in [0.3, 0.4) is 0 Å². The average molecular weight is 350 g/mol. The number of alkyl halides is 2. The van der Waals surface area contributed by atoms with E-state index in [-0.39, 0.29) is 23.0 Å². The van der Waals surface area contributed by atoms with Gasteiger partial charge in [-0.25, -0.2) is 4.39 Å². The van der Waals surface area contributed by atoms with Gasteiger partial charge in [-0.15, -0.1) is 0 Å². The lowest BCUT2D eigenvalue weighted by molar-refractivity contribution is -0.0499. The molecular formula is C18H17F3N2O2. The molecule has 7 heteroatoms. The maximum Gasteiger partial charge on any atom is 0.387 e. The van der Waals surface area contributed by atoms with E-state index in [4.69, 9.17) is 0 Å². The molecule has 0 aromatic heterocycles. The van der Waals surface area contributed by atoms with Crippen molar-refractivity contribution in [3.05, 3.63) is 59.9 Å². The zero-order chi connectivity index (χ0) is 17.8. The van der Waals surface area contributed by atoms with Crippen molar-refractivity contribution in [1.29, 1.82) is 0 Å². The lowest BCUT2D eigenvalue weighted by Gasteiger charge is -2.36. The first-order valence-electron chi connectivity index (χ1n) is 7.88. The zero-order valence-corrected chi connectivity index (χ0v) is 13.4. The van der Waals surface area contributed by atoms with E-state index < -0.39 is 6.61 Å². The Morgan fingerprint density at radius 3 is 2.40 bits per heavy atom. The molecular weight excluding hydrogens is 333 g/mol. The van der Waals surface area contributed by atoms with Crippen molar-refractivity contribution < 1.29 is 22.7 Å². The van der Waals surface area contributed by atoms with Crippen LogP contribution < -0.4 is 9.64 Å². The van der Waals surface area contributed by atoms with E-state index in [1.165, 1.54) is 24.3 Å². The monoisotopic (exact) mass is 350 g/mol. The Morgan fingerprint density at radius 2 is 1.72 bits per heavy atom. The number of amides is 1. The fourth-order valence-corrected chi connectivity index (χ4v) is 2.85. The van der Waals surface area contributed by atoms with Crippen LogP contribution in [0.2, 0.25) is 0 Å². The number of piperazine rings is 1. The molecule has 0 N–H and O–H groups in total. The summed E-state index contributed by atoms with van der Waals surface area (Å²) in [4.78, 5) is 16.0. The number of nitrogens with zero attached hydrogens (tertiary/aromatic N) is 2. The summed E-state index contributed by atoms with van der Waals surface area (Å²) < 4.78 is 42.8. The second kappa shape index (κ2) is 7.46. The first-order valence-corrected chi connectivity index (χ1v) is 7.88. The van der Waals surface area contributed by atoms with E-state index in [0.29, 0.717) is 31.9 Å². The van der Waals surface area contributed by atoms with Gasteiger partial charge < -0.3 is 14.5 Å². The predicted octanol–water partition coefficient (Wildman–Crippen LogP) is 3.39. The Morgan fingerprint density at radius 1 is 1.00 bits per heavy atom. The van der Waals surface area contributed by atoms with Gasteiger partial charge in [-0.3, -0.25) is 4.79 Å². The number of carbonyl (C=O) groups excluding carboxylic acids is 1. The SMILES string of the molecule is O=C(c1cccc(OC(F)F)c1)N1CCN(c2ccccc2F)CC1. The minimum absolute atomic E-state index is 0.0501. The minimum Gasteiger partial charge on any atom is -0.435 e. The van der Waals surface area contributed by atoms with Crippen LogP contribution in [-0.2, 0) is 0 Å². The van der Waals surface area contributed by atoms with E-state index in [0.717, 1.165) is 0 Å². The van der Waals surface area contributed by atoms with Gasteiger partial charge in [-0.2, -0.15) is 8.78 Å². The van der Waals surface area contributed by atoms with Crippen molar-refractivity contribution >= 4 is 11.6 Å². The Balaban J connectivity index is 1.65. The summed E-state index contributed by atoms with van der Waals surface area (Å²) in [6, 6.07) is 12.2. The Labute approximate surface area is 143 Å². The lowest BCUT2D eigenvalue weighted by atomic mass is 10.1. The van der Waals surface area contributed by atoms with Crippen molar-refractivity contribution in [3.63, 3.8) is 0 Å². The Kier molecular flexibility index (Phi) is 5.11. The maximum absolute atomic E-state index is 13.8. The van der Waals surface area contributed by atoms with Gasteiger partial charge >= 0.3 is 6.61 Å². The third-order valence-corrected chi connectivity index (χ3v) is 4.07. The molecule has 1 saturated heterocycles. The van der Waals surface area contributed by atoms with Gasteiger partial charge in [0.05, 0.1) is 5.69 Å². The molecule has 0 spiro atoms. The molecule has 0 saturated carbocycles. The molecule has 0 bridgehead atoms. The molecule has 1 aliphatic heterocycles. The van der Waals surface area contributed by atoms with Crippen LogP contribution in [0.1, 0.15) is 10.4 Å². The van der Waals surface area contributed by atoms with E-state index in [1.54, 1.807) is 29.2 Å². The zero-order valence-electron chi connectivity index (χ0n) is 13.4. The van der Waals surface area contributed by atoms with Gasteiger partial charge in [0.25, 0.3) is 5.91 Å². The Bertz CT molecular complexity index is 747. The fraction of sp³-hybridized carbons (Fsp3) is 0.278. The fourth-order valence-electron chi connectivity index (χ4n) is 2.85. The van der Waals surface area contributed by atoms with Gasteiger partial charge in [0.2, 0.25) is 0 Å². The molecule has 2 aromatic rings. The number of hydrogen-bond donors (Lipinski definition) is 0. The lowest BCUT2D eigenvalue weighted by Crippen LogP contribution is -2.49. The molecule has 1 heterocycles. The molecule has 0 aliphatic carbocycles. The van der Waals surface area contributed by atoms with Crippen molar-refractivity contribution in [1.82, 2.24) is 4.90 Å². The molecule has 0 unspecified atom stereocenters. The molecule has 1 amide bonds. The summed E-state index contributed by atoms with van der Waals surface area (Å²) in [5.74, 6) is -0.599. The third kappa shape index (κ3) is 4.04. The quantitative estimate of drug-likeness (QED) is 0.847. The highest BCUT2D eigenvalue weighted by Crippen LogP contribution is 2.22. The highest BCUT2D eigenvalue weighted by Gasteiger charge is 2.23. The van der Waals surface area contributed by atoms with Gasteiger partial charge in [-0.05, 0) is 30.3 Å². The summed E-state index contributed by atoms with van der Waals surface area (Å²) in [5, 5.41) is 0. The molecule has 2 aromatic carbocycles. The van der Waals surface area contributed by atoms with Gasteiger partial charge in [-0.1, -0.05) is 18.2 Å². The first kappa shape index (κ1) is 17.1. The molecule has 4 nitrogen and oxygen atoms in total. The summed E-state index contributed by atoms with van der Waals surface area (Å²) in [6.45, 7) is -1.09. The number of para-hydroxylation sites is 1. The standard InChI is InChI=1S/C18H17F3N2O2/c19-15-6-1-2-7-16(15)22-8-10-23(11-9-22)17(24)13-4-3-5-14(12-13)25-18(20)21/h1-7,12,18H,8-11H2. The van der Waals surface area contributed by atoms with Crippen molar-refractivity contribution in [2.75, 3.05) is 31.1 Å². The maximum atomic E-state index is 13.8. The molecule has 132 valence electrons. The van der Waals surface area contributed by atoms with Crippen LogP contribution in [0, 0.1) is 5.82 Å². The van der Waals surface area contributed by atoms with Crippen LogP contribution in [-0.4, -0.2) is 43.6 Å². The minimum atomic E-state index is -2.94. The molecule has 0 radical (unpaired) electrons. The van der Waals surface area contributed by atoms with E-state index in [1.807, 2.05) is 4.90 Å². The van der Waals surface area contributed by atoms with Crippen LogP contribution in [0.15, 0.2) is 48.5 Å². The molecule has 0 atom stereocenters. The summed E-state index contributed by atoms with van der Waals surface area (Å²) in [7, 11) is 0. The topological polar surface area (TPSA) is 32.8 Å². The molecule has 25 heavy (non-hydrogen) atoms. The largest absolute Gasteiger partial charge is 0.435 e. The van der Waals surface area contributed by atoms with Crippen LogP contribution in [0.25, 0.3) is 0 Å². The number of rotatable bonds is 4. The summed E-state index contributed by atoms with van der Waals surface area (Å²) >= 11 is 0. The number of halogens is 3. The summed E-state index contributed by atoms with van der Waals surface area (Å²) in [5.41, 5.74) is 0.805.